The molecule has 4 saturated carbocycles. The van der Waals surface area contributed by atoms with Crippen molar-refractivity contribution in [3.05, 3.63) is 0 Å². The Kier molecular flexibility index (Phi) is 4.20. The van der Waals surface area contributed by atoms with Crippen LogP contribution >= 0.6 is 0 Å². The van der Waals surface area contributed by atoms with Gasteiger partial charge in [0.2, 0.25) is 0 Å². The maximum Gasteiger partial charge on any atom is 0.264 e. The molecule has 0 aliphatic heterocycles. The summed E-state index contributed by atoms with van der Waals surface area (Å²) in [6, 6.07) is 0. The summed E-state index contributed by atoms with van der Waals surface area (Å²) in [7, 11) is -3.50. The van der Waals surface area contributed by atoms with Crippen LogP contribution in [0.2, 0.25) is 0 Å². The van der Waals surface area contributed by atoms with Gasteiger partial charge in [-0.3, -0.25) is 13.8 Å². The summed E-state index contributed by atoms with van der Waals surface area (Å²) in [6.07, 6.45) is 6.88. The second kappa shape index (κ2) is 5.87. The number of carbonyl (C=O) groups is 2. The van der Waals surface area contributed by atoms with E-state index >= 15 is 0 Å². The smallest absolute Gasteiger partial charge is 0.264 e. The molecule has 2 unspecified atom stereocenters. The van der Waals surface area contributed by atoms with Gasteiger partial charge in [-0.25, -0.2) is 0 Å². The molecule has 4 rings (SSSR count). The van der Waals surface area contributed by atoms with Crippen LogP contribution in [0.5, 0.6) is 0 Å². The molecule has 4 aliphatic rings. The summed E-state index contributed by atoms with van der Waals surface area (Å²) >= 11 is 0. The predicted molar refractivity (Wildman–Crippen MR) is 96.8 cm³/mol. The van der Waals surface area contributed by atoms with Crippen LogP contribution in [-0.4, -0.2) is 32.3 Å². The Morgan fingerprint density at radius 1 is 1.04 bits per heavy atom. The van der Waals surface area contributed by atoms with Gasteiger partial charge < -0.3 is 0 Å². The molecule has 7 atom stereocenters. The monoisotopic (exact) mass is 382 g/mol. The molecule has 0 aromatic heterocycles. The molecule has 4 aliphatic carbocycles. The Labute approximate surface area is 156 Å². The minimum atomic E-state index is -3.50. The number of hydrogen-bond acceptors (Lipinski definition) is 5. The number of rotatable bonds is 2. The standard InChI is InChI=1S/C20H30O5S/c1-19-8-6-12(25-26(3,23)24)10-16(19)17(21)11-13-14-4-5-18(22)20(14,2)9-7-15(13)19/h12-16H,4-11H2,1-3H3/t12?,13-,14-,15+,16?,19+,20-/m0/s1. The fourth-order valence-corrected chi connectivity index (χ4v) is 7.78. The number of ketones is 2. The van der Waals surface area contributed by atoms with Gasteiger partial charge in [-0.1, -0.05) is 13.8 Å². The largest absolute Gasteiger partial charge is 0.299 e. The van der Waals surface area contributed by atoms with E-state index in [1.807, 2.05) is 0 Å². The van der Waals surface area contributed by atoms with Gasteiger partial charge in [0, 0.05) is 24.2 Å². The van der Waals surface area contributed by atoms with E-state index < -0.39 is 10.1 Å². The van der Waals surface area contributed by atoms with E-state index in [-0.39, 0.29) is 28.6 Å². The summed E-state index contributed by atoms with van der Waals surface area (Å²) in [4.78, 5) is 25.6. The van der Waals surface area contributed by atoms with E-state index in [0.29, 0.717) is 49.2 Å². The van der Waals surface area contributed by atoms with Gasteiger partial charge in [-0.2, -0.15) is 8.42 Å². The SMILES string of the molecule is C[C@]12CCC(OS(C)(=O)=O)CC1C(=O)C[C@@H]1[C@H]2CC[C@]2(C)C(=O)CC[C@@H]12. The highest BCUT2D eigenvalue weighted by Gasteiger charge is 2.62. The molecule has 0 radical (unpaired) electrons. The second-order valence-corrected chi connectivity index (χ2v) is 11.3. The molecular weight excluding hydrogens is 352 g/mol. The molecule has 146 valence electrons. The lowest BCUT2D eigenvalue weighted by atomic mass is 9.45. The van der Waals surface area contributed by atoms with Crippen LogP contribution in [0, 0.1) is 34.5 Å². The van der Waals surface area contributed by atoms with Gasteiger partial charge in [-0.15, -0.1) is 0 Å². The third kappa shape index (κ3) is 2.70. The third-order valence-electron chi connectivity index (χ3n) is 8.43. The highest BCUT2D eigenvalue weighted by atomic mass is 32.2. The van der Waals surface area contributed by atoms with Crippen molar-refractivity contribution in [1.82, 2.24) is 0 Å². The normalized spacial score (nSPS) is 48.7. The minimum Gasteiger partial charge on any atom is -0.299 e. The van der Waals surface area contributed by atoms with E-state index in [0.717, 1.165) is 31.9 Å². The van der Waals surface area contributed by atoms with Gasteiger partial charge >= 0.3 is 0 Å². The lowest BCUT2D eigenvalue weighted by Crippen LogP contribution is -2.57. The van der Waals surface area contributed by atoms with Crippen LogP contribution in [0.25, 0.3) is 0 Å². The highest BCUT2D eigenvalue weighted by Crippen LogP contribution is 2.64. The van der Waals surface area contributed by atoms with Crippen LogP contribution in [0.15, 0.2) is 0 Å². The predicted octanol–water partition coefficient (Wildman–Crippen LogP) is 3.12. The first-order chi connectivity index (χ1) is 12.0. The molecule has 0 N–H and O–H groups in total. The van der Waals surface area contributed by atoms with Crippen molar-refractivity contribution in [1.29, 1.82) is 0 Å². The number of fused-ring (bicyclic) bond motifs is 5. The first-order valence-corrected chi connectivity index (χ1v) is 11.8. The van der Waals surface area contributed by atoms with E-state index in [9.17, 15) is 18.0 Å². The maximum atomic E-state index is 13.1. The van der Waals surface area contributed by atoms with Crippen molar-refractivity contribution in [3.8, 4) is 0 Å². The van der Waals surface area contributed by atoms with Crippen molar-refractivity contribution in [2.24, 2.45) is 34.5 Å². The maximum absolute atomic E-state index is 13.1. The number of carbonyl (C=O) groups excluding carboxylic acids is 2. The van der Waals surface area contributed by atoms with E-state index in [2.05, 4.69) is 13.8 Å². The van der Waals surface area contributed by atoms with Crippen molar-refractivity contribution in [3.63, 3.8) is 0 Å². The zero-order valence-electron chi connectivity index (χ0n) is 16.0. The lowest BCUT2D eigenvalue weighted by Gasteiger charge is -2.59. The number of hydrogen-bond donors (Lipinski definition) is 0. The van der Waals surface area contributed by atoms with Crippen molar-refractivity contribution in [2.45, 2.75) is 71.3 Å². The summed E-state index contributed by atoms with van der Waals surface area (Å²) in [5.41, 5.74) is -0.300. The van der Waals surface area contributed by atoms with Crippen LogP contribution in [0.3, 0.4) is 0 Å². The highest BCUT2D eigenvalue weighted by molar-refractivity contribution is 7.86. The molecule has 0 bridgehead atoms. The van der Waals surface area contributed by atoms with Crippen LogP contribution < -0.4 is 0 Å². The summed E-state index contributed by atoms with van der Waals surface area (Å²) in [5.74, 6) is 1.69. The summed E-state index contributed by atoms with van der Waals surface area (Å²) < 4.78 is 28.2. The molecule has 0 aromatic carbocycles. The average Bonchev–Trinajstić information content (AvgIpc) is 2.83. The fraction of sp³-hybridized carbons (Fsp3) is 0.900. The molecule has 0 heterocycles. The first-order valence-electron chi connectivity index (χ1n) is 9.99. The van der Waals surface area contributed by atoms with E-state index in [4.69, 9.17) is 4.18 Å². The molecule has 0 aromatic rings. The topological polar surface area (TPSA) is 77.5 Å². The molecule has 26 heavy (non-hydrogen) atoms. The Morgan fingerprint density at radius 2 is 1.77 bits per heavy atom. The van der Waals surface area contributed by atoms with Crippen LogP contribution in [0.1, 0.15) is 65.2 Å². The Bertz CT molecular complexity index is 743. The van der Waals surface area contributed by atoms with Crippen molar-refractivity contribution < 1.29 is 22.2 Å². The minimum absolute atomic E-state index is 0.0790. The quantitative estimate of drug-likeness (QED) is 0.686. The Balaban J connectivity index is 1.60. The Morgan fingerprint density at radius 3 is 2.46 bits per heavy atom. The van der Waals surface area contributed by atoms with Crippen molar-refractivity contribution in [2.75, 3.05) is 6.26 Å². The molecule has 0 spiro atoms. The lowest BCUT2D eigenvalue weighted by molar-refractivity contribution is -0.159. The molecule has 4 fully saturated rings. The molecule has 0 saturated heterocycles. The van der Waals surface area contributed by atoms with Crippen LogP contribution in [-0.2, 0) is 23.9 Å². The number of Topliss-reactive ketones (excluding diaryl/α,β-unsaturated/α-hetero) is 2. The zero-order chi connectivity index (χ0) is 18.9. The van der Waals surface area contributed by atoms with E-state index in [1.54, 1.807) is 0 Å². The third-order valence-corrected chi connectivity index (χ3v) is 9.05. The van der Waals surface area contributed by atoms with Crippen LogP contribution in [0.4, 0.5) is 0 Å². The second-order valence-electron chi connectivity index (χ2n) is 9.72. The van der Waals surface area contributed by atoms with Gasteiger partial charge in [0.15, 0.2) is 0 Å². The van der Waals surface area contributed by atoms with Gasteiger partial charge in [0.25, 0.3) is 10.1 Å². The van der Waals surface area contributed by atoms with Crippen molar-refractivity contribution >= 4 is 21.7 Å². The molecule has 6 heteroatoms. The van der Waals surface area contributed by atoms with Gasteiger partial charge in [0.05, 0.1) is 12.4 Å². The van der Waals surface area contributed by atoms with E-state index in [1.165, 1.54) is 0 Å². The summed E-state index contributed by atoms with van der Waals surface area (Å²) in [5, 5.41) is 0. The van der Waals surface area contributed by atoms with Gasteiger partial charge in [-0.05, 0) is 61.7 Å². The molecule has 5 nitrogen and oxygen atoms in total. The zero-order valence-corrected chi connectivity index (χ0v) is 16.8. The fourth-order valence-electron chi connectivity index (χ4n) is 7.11. The van der Waals surface area contributed by atoms with Gasteiger partial charge in [0.1, 0.15) is 11.6 Å². The molecule has 0 amide bonds. The first kappa shape index (κ1) is 18.6. The average molecular weight is 383 g/mol. The summed E-state index contributed by atoms with van der Waals surface area (Å²) in [6.45, 7) is 4.36. The molecular formula is C20H30O5S. The Hall–Kier alpha value is -0.750.